The fourth-order valence-electron chi connectivity index (χ4n) is 3.28. The summed E-state index contributed by atoms with van der Waals surface area (Å²) < 4.78 is 5.21. The molecule has 4 heteroatoms. The number of aliphatic hydroxyl groups excluding tert-OH is 2. The molecule has 0 atom stereocenters. The third-order valence-electron chi connectivity index (χ3n) is 4.90. The molecule has 0 bridgehead atoms. The predicted molar refractivity (Wildman–Crippen MR) is 111 cm³/mol. The molecule has 0 aliphatic carbocycles. The minimum absolute atomic E-state index is 0.159. The lowest BCUT2D eigenvalue weighted by molar-refractivity contribution is 0.159. The summed E-state index contributed by atoms with van der Waals surface area (Å²) in [5, 5.41) is 18.0. The molecular formula is C23H33NO3. The van der Waals surface area contributed by atoms with Crippen molar-refractivity contribution in [3.63, 3.8) is 0 Å². The summed E-state index contributed by atoms with van der Waals surface area (Å²) in [5.74, 6) is 0.881. The van der Waals surface area contributed by atoms with Gasteiger partial charge in [0.1, 0.15) is 5.75 Å². The highest BCUT2D eigenvalue weighted by Gasteiger charge is 2.03. The van der Waals surface area contributed by atoms with Gasteiger partial charge in [0.2, 0.25) is 0 Å². The summed E-state index contributed by atoms with van der Waals surface area (Å²) in [7, 11) is 1.68. The van der Waals surface area contributed by atoms with Crippen molar-refractivity contribution in [2.75, 3.05) is 40.0 Å². The maximum Gasteiger partial charge on any atom is 0.118 e. The quantitative estimate of drug-likeness (QED) is 0.527. The van der Waals surface area contributed by atoms with Crippen LogP contribution in [0.15, 0.2) is 48.5 Å². The van der Waals surface area contributed by atoms with Crippen molar-refractivity contribution >= 4 is 0 Å². The van der Waals surface area contributed by atoms with Gasteiger partial charge in [0.15, 0.2) is 0 Å². The first-order valence-electron chi connectivity index (χ1n) is 9.94. The molecule has 0 unspecified atom stereocenters. The standard InChI is InChI=1S/C23H33NO3/c1-27-23-13-11-22(12-14-23)21-9-7-20(8-10-21)6-4-2-3-5-15-24(16-18-25)17-19-26/h7-14,25-26H,2-6,15-19H2,1H3. The van der Waals surface area contributed by atoms with Crippen molar-refractivity contribution in [3.05, 3.63) is 54.1 Å². The number of rotatable bonds is 13. The van der Waals surface area contributed by atoms with Gasteiger partial charge in [0, 0.05) is 13.1 Å². The Kier molecular flexibility index (Phi) is 9.91. The Labute approximate surface area is 163 Å². The molecule has 0 saturated carbocycles. The van der Waals surface area contributed by atoms with E-state index in [1.165, 1.54) is 36.0 Å². The van der Waals surface area contributed by atoms with Crippen LogP contribution in [0, 0.1) is 0 Å². The van der Waals surface area contributed by atoms with Gasteiger partial charge < -0.3 is 14.9 Å². The van der Waals surface area contributed by atoms with Crippen LogP contribution < -0.4 is 4.74 Å². The number of aryl methyl sites for hydroxylation is 1. The summed E-state index contributed by atoms with van der Waals surface area (Å²) in [4.78, 5) is 2.12. The SMILES string of the molecule is COc1ccc(-c2ccc(CCCCCCN(CCO)CCO)cc2)cc1. The van der Waals surface area contributed by atoms with Crippen LogP contribution in [0.2, 0.25) is 0 Å². The molecule has 2 aromatic rings. The zero-order chi connectivity index (χ0) is 19.3. The molecule has 2 N–H and O–H groups in total. The third kappa shape index (κ3) is 7.71. The van der Waals surface area contributed by atoms with Crippen molar-refractivity contribution in [1.29, 1.82) is 0 Å². The van der Waals surface area contributed by atoms with Crippen LogP contribution in [0.25, 0.3) is 11.1 Å². The van der Waals surface area contributed by atoms with Crippen molar-refractivity contribution in [1.82, 2.24) is 4.90 Å². The Hall–Kier alpha value is -1.88. The first-order valence-corrected chi connectivity index (χ1v) is 9.94. The number of ether oxygens (including phenoxy) is 1. The maximum atomic E-state index is 9.02. The molecule has 148 valence electrons. The third-order valence-corrected chi connectivity index (χ3v) is 4.90. The monoisotopic (exact) mass is 371 g/mol. The molecule has 27 heavy (non-hydrogen) atoms. The van der Waals surface area contributed by atoms with E-state index in [9.17, 15) is 0 Å². The molecule has 2 aromatic carbocycles. The van der Waals surface area contributed by atoms with Gasteiger partial charge >= 0.3 is 0 Å². The highest BCUT2D eigenvalue weighted by molar-refractivity contribution is 5.64. The van der Waals surface area contributed by atoms with Crippen molar-refractivity contribution in [3.8, 4) is 16.9 Å². The van der Waals surface area contributed by atoms with Crippen molar-refractivity contribution in [2.24, 2.45) is 0 Å². The van der Waals surface area contributed by atoms with Gasteiger partial charge in [-0.15, -0.1) is 0 Å². The molecule has 2 rings (SSSR count). The molecule has 4 nitrogen and oxygen atoms in total. The van der Waals surface area contributed by atoms with E-state index >= 15 is 0 Å². The van der Waals surface area contributed by atoms with Crippen LogP contribution in [-0.2, 0) is 6.42 Å². The molecule has 0 aliphatic rings. The zero-order valence-corrected chi connectivity index (χ0v) is 16.4. The van der Waals surface area contributed by atoms with Gasteiger partial charge in [0.25, 0.3) is 0 Å². The first-order chi connectivity index (χ1) is 13.3. The van der Waals surface area contributed by atoms with E-state index in [4.69, 9.17) is 14.9 Å². The summed E-state index contributed by atoms with van der Waals surface area (Å²) in [6.07, 6.45) is 5.84. The highest BCUT2D eigenvalue weighted by Crippen LogP contribution is 2.23. The Bertz CT molecular complexity index is 619. The fraction of sp³-hybridized carbons (Fsp3) is 0.478. The van der Waals surface area contributed by atoms with E-state index in [1.54, 1.807) is 7.11 Å². The molecule has 0 heterocycles. The average molecular weight is 372 g/mol. The van der Waals surface area contributed by atoms with Crippen molar-refractivity contribution in [2.45, 2.75) is 32.1 Å². The van der Waals surface area contributed by atoms with Crippen LogP contribution in [-0.4, -0.2) is 55.1 Å². The largest absolute Gasteiger partial charge is 0.497 e. The van der Waals surface area contributed by atoms with Crippen LogP contribution in [0.4, 0.5) is 0 Å². The Morgan fingerprint density at radius 2 is 1.26 bits per heavy atom. The molecule has 0 fully saturated rings. The molecule has 0 aliphatic heterocycles. The average Bonchev–Trinajstić information content (AvgIpc) is 2.71. The molecule has 0 spiro atoms. The molecular weight excluding hydrogens is 338 g/mol. The van der Waals surface area contributed by atoms with Gasteiger partial charge in [-0.05, 0) is 54.6 Å². The lowest BCUT2D eigenvalue weighted by Crippen LogP contribution is -2.30. The number of hydrogen-bond donors (Lipinski definition) is 2. The van der Waals surface area contributed by atoms with Crippen LogP contribution in [0.1, 0.15) is 31.2 Å². The number of hydrogen-bond acceptors (Lipinski definition) is 4. The van der Waals surface area contributed by atoms with Crippen LogP contribution >= 0.6 is 0 Å². The van der Waals surface area contributed by atoms with E-state index in [1.807, 2.05) is 12.1 Å². The van der Waals surface area contributed by atoms with Crippen LogP contribution in [0.5, 0.6) is 5.75 Å². The van der Waals surface area contributed by atoms with Gasteiger partial charge in [0.05, 0.1) is 20.3 Å². The second-order valence-corrected chi connectivity index (χ2v) is 6.88. The fourth-order valence-corrected chi connectivity index (χ4v) is 3.28. The van der Waals surface area contributed by atoms with E-state index in [0.29, 0.717) is 13.1 Å². The van der Waals surface area contributed by atoms with Crippen molar-refractivity contribution < 1.29 is 14.9 Å². The first kappa shape index (κ1) is 21.4. The second-order valence-electron chi connectivity index (χ2n) is 6.88. The van der Waals surface area contributed by atoms with E-state index in [0.717, 1.165) is 25.1 Å². The van der Waals surface area contributed by atoms with E-state index in [-0.39, 0.29) is 13.2 Å². The minimum Gasteiger partial charge on any atom is -0.497 e. The van der Waals surface area contributed by atoms with Gasteiger partial charge in [-0.3, -0.25) is 4.90 Å². The molecule has 0 radical (unpaired) electrons. The zero-order valence-electron chi connectivity index (χ0n) is 16.4. The molecule has 0 saturated heterocycles. The van der Waals surface area contributed by atoms with E-state index < -0.39 is 0 Å². The van der Waals surface area contributed by atoms with E-state index in [2.05, 4.69) is 41.3 Å². The Morgan fingerprint density at radius 1 is 0.704 bits per heavy atom. The molecule has 0 amide bonds. The number of unbranched alkanes of at least 4 members (excludes halogenated alkanes) is 3. The summed E-state index contributed by atoms with van der Waals surface area (Å²) >= 11 is 0. The number of benzene rings is 2. The normalized spacial score (nSPS) is 11.1. The van der Waals surface area contributed by atoms with Gasteiger partial charge in [-0.1, -0.05) is 49.2 Å². The maximum absolute atomic E-state index is 9.02. The number of aliphatic hydroxyl groups is 2. The van der Waals surface area contributed by atoms with Gasteiger partial charge in [-0.2, -0.15) is 0 Å². The summed E-state index contributed by atoms with van der Waals surface area (Å²) in [6, 6.07) is 17.0. The lowest BCUT2D eigenvalue weighted by atomic mass is 10.0. The Morgan fingerprint density at radius 3 is 1.81 bits per heavy atom. The minimum atomic E-state index is 0.159. The molecule has 0 aromatic heterocycles. The summed E-state index contributed by atoms with van der Waals surface area (Å²) in [6.45, 7) is 2.58. The smallest absolute Gasteiger partial charge is 0.118 e. The highest BCUT2D eigenvalue weighted by atomic mass is 16.5. The van der Waals surface area contributed by atoms with Crippen LogP contribution in [0.3, 0.4) is 0 Å². The number of nitrogens with zero attached hydrogens (tertiary/aromatic N) is 1. The Balaban J connectivity index is 1.67. The summed E-state index contributed by atoms with van der Waals surface area (Å²) in [5.41, 5.74) is 3.82. The lowest BCUT2D eigenvalue weighted by Gasteiger charge is -2.19. The number of methoxy groups -OCH3 is 1. The predicted octanol–water partition coefficient (Wildman–Crippen LogP) is 3.75. The van der Waals surface area contributed by atoms with Gasteiger partial charge in [-0.25, -0.2) is 0 Å². The topological polar surface area (TPSA) is 52.9 Å². The second kappa shape index (κ2) is 12.5.